The van der Waals surface area contributed by atoms with Crippen molar-refractivity contribution >= 4 is 5.91 Å². The Bertz CT molecular complexity index is 482. The fourth-order valence-electron chi connectivity index (χ4n) is 2.70. The highest BCUT2D eigenvalue weighted by atomic mass is 16.5. The van der Waals surface area contributed by atoms with E-state index < -0.39 is 0 Å². The van der Waals surface area contributed by atoms with Gasteiger partial charge in [-0.15, -0.1) is 0 Å². The SMILES string of the molecule is CC1CCN(C(=O)COc2ccccc2C(C)(C)C)CC1. The standard InChI is InChI=1S/C18H27NO2/c1-14-9-11-19(12-10-14)17(20)13-21-16-8-6-5-7-15(16)18(2,3)4/h5-8,14H,9-13H2,1-4H3. The van der Waals surface area contributed by atoms with Crippen molar-refractivity contribution in [2.75, 3.05) is 19.7 Å². The highest BCUT2D eigenvalue weighted by molar-refractivity contribution is 5.77. The molecule has 1 saturated heterocycles. The van der Waals surface area contributed by atoms with E-state index in [1.165, 1.54) is 0 Å². The van der Waals surface area contributed by atoms with Gasteiger partial charge in [0.1, 0.15) is 5.75 Å². The van der Waals surface area contributed by atoms with E-state index in [2.05, 4.69) is 33.8 Å². The molecule has 3 heteroatoms. The summed E-state index contributed by atoms with van der Waals surface area (Å²) in [5, 5.41) is 0. The molecule has 1 heterocycles. The Balaban J connectivity index is 1.96. The van der Waals surface area contributed by atoms with E-state index in [1.54, 1.807) is 0 Å². The summed E-state index contributed by atoms with van der Waals surface area (Å²) in [5.41, 5.74) is 1.16. The van der Waals surface area contributed by atoms with Gasteiger partial charge in [-0.2, -0.15) is 0 Å². The minimum Gasteiger partial charge on any atom is -0.483 e. The number of para-hydroxylation sites is 1. The lowest BCUT2D eigenvalue weighted by Gasteiger charge is -2.30. The highest BCUT2D eigenvalue weighted by Crippen LogP contribution is 2.31. The molecule has 0 aromatic heterocycles. The van der Waals surface area contributed by atoms with E-state index >= 15 is 0 Å². The molecule has 21 heavy (non-hydrogen) atoms. The van der Waals surface area contributed by atoms with Gasteiger partial charge in [-0.25, -0.2) is 0 Å². The third-order valence-electron chi connectivity index (χ3n) is 4.18. The van der Waals surface area contributed by atoms with Gasteiger partial charge < -0.3 is 9.64 Å². The Morgan fingerprint density at radius 3 is 2.48 bits per heavy atom. The van der Waals surface area contributed by atoms with E-state index in [0.29, 0.717) is 0 Å². The van der Waals surface area contributed by atoms with Crippen molar-refractivity contribution < 1.29 is 9.53 Å². The normalized spacial score (nSPS) is 16.9. The van der Waals surface area contributed by atoms with Crippen molar-refractivity contribution in [2.24, 2.45) is 5.92 Å². The number of hydrogen-bond donors (Lipinski definition) is 0. The maximum atomic E-state index is 12.2. The van der Waals surface area contributed by atoms with Crippen molar-refractivity contribution in [1.29, 1.82) is 0 Å². The van der Waals surface area contributed by atoms with E-state index in [1.807, 2.05) is 23.1 Å². The molecule has 0 unspecified atom stereocenters. The van der Waals surface area contributed by atoms with E-state index in [-0.39, 0.29) is 17.9 Å². The molecule has 1 aliphatic rings. The Morgan fingerprint density at radius 2 is 1.86 bits per heavy atom. The highest BCUT2D eigenvalue weighted by Gasteiger charge is 2.22. The van der Waals surface area contributed by atoms with E-state index in [4.69, 9.17) is 4.74 Å². The van der Waals surface area contributed by atoms with Crippen molar-refractivity contribution in [3.63, 3.8) is 0 Å². The first-order valence-electron chi connectivity index (χ1n) is 7.88. The van der Waals surface area contributed by atoms with E-state index in [9.17, 15) is 4.79 Å². The van der Waals surface area contributed by atoms with Gasteiger partial charge in [0.05, 0.1) is 0 Å². The topological polar surface area (TPSA) is 29.5 Å². The summed E-state index contributed by atoms with van der Waals surface area (Å²) in [6, 6.07) is 7.99. The van der Waals surface area contributed by atoms with Crippen LogP contribution < -0.4 is 4.74 Å². The summed E-state index contributed by atoms with van der Waals surface area (Å²) in [4.78, 5) is 14.2. The molecule has 1 fully saturated rings. The van der Waals surface area contributed by atoms with Gasteiger partial charge in [0.2, 0.25) is 0 Å². The first kappa shape index (κ1) is 15.9. The molecule has 3 nitrogen and oxygen atoms in total. The number of amides is 1. The molecule has 1 amide bonds. The molecule has 0 bridgehead atoms. The van der Waals surface area contributed by atoms with Crippen LogP contribution in [0.3, 0.4) is 0 Å². The van der Waals surface area contributed by atoms with Gasteiger partial charge in [0.15, 0.2) is 6.61 Å². The van der Waals surface area contributed by atoms with Crippen LogP contribution in [0.5, 0.6) is 5.75 Å². The van der Waals surface area contributed by atoms with Crippen LogP contribution in [0.15, 0.2) is 24.3 Å². The lowest BCUT2D eigenvalue weighted by atomic mass is 9.86. The fraction of sp³-hybridized carbons (Fsp3) is 0.611. The molecule has 2 rings (SSSR count). The quantitative estimate of drug-likeness (QED) is 0.850. The fourth-order valence-corrected chi connectivity index (χ4v) is 2.70. The molecule has 0 radical (unpaired) electrons. The Kier molecular flexibility index (Phi) is 4.92. The monoisotopic (exact) mass is 289 g/mol. The molecule has 1 aliphatic heterocycles. The van der Waals surface area contributed by atoms with Gasteiger partial charge in [0.25, 0.3) is 5.91 Å². The third-order valence-corrected chi connectivity index (χ3v) is 4.18. The number of ether oxygens (including phenoxy) is 1. The van der Waals surface area contributed by atoms with Gasteiger partial charge in [-0.1, -0.05) is 45.9 Å². The summed E-state index contributed by atoms with van der Waals surface area (Å²) in [5.74, 6) is 1.66. The molecule has 116 valence electrons. The molecule has 0 saturated carbocycles. The van der Waals surface area contributed by atoms with Crippen molar-refractivity contribution in [3.8, 4) is 5.75 Å². The average Bonchev–Trinajstić information content (AvgIpc) is 2.45. The largest absolute Gasteiger partial charge is 0.483 e. The zero-order valence-electron chi connectivity index (χ0n) is 13.7. The molecular formula is C18H27NO2. The minimum absolute atomic E-state index is 0.0141. The van der Waals surface area contributed by atoms with Crippen molar-refractivity contribution in [1.82, 2.24) is 4.90 Å². The van der Waals surface area contributed by atoms with Gasteiger partial charge >= 0.3 is 0 Å². The van der Waals surface area contributed by atoms with Crippen molar-refractivity contribution in [3.05, 3.63) is 29.8 Å². The van der Waals surface area contributed by atoms with Crippen LogP contribution in [0.1, 0.15) is 46.1 Å². The Hall–Kier alpha value is -1.51. The van der Waals surface area contributed by atoms with Crippen LogP contribution in [0, 0.1) is 5.92 Å². The maximum Gasteiger partial charge on any atom is 0.260 e. The molecule has 0 atom stereocenters. The number of hydrogen-bond acceptors (Lipinski definition) is 2. The number of carbonyl (C=O) groups excluding carboxylic acids is 1. The first-order chi connectivity index (χ1) is 9.88. The van der Waals surface area contributed by atoms with Gasteiger partial charge in [-0.05, 0) is 35.8 Å². The molecule has 0 spiro atoms. The molecule has 1 aromatic carbocycles. The number of piperidine rings is 1. The second-order valence-electron chi connectivity index (χ2n) is 7.10. The first-order valence-corrected chi connectivity index (χ1v) is 7.88. The summed E-state index contributed by atoms with van der Waals surface area (Å²) in [6.07, 6.45) is 2.20. The van der Waals surface area contributed by atoms with Crippen LogP contribution >= 0.6 is 0 Å². The van der Waals surface area contributed by atoms with Crippen LogP contribution in [-0.4, -0.2) is 30.5 Å². The zero-order valence-corrected chi connectivity index (χ0v) is 13.7. The van der Waals surface area contributed by atoms with E-state index in [0.717, 1.165) is 43.2 Å². The van der Waals surface area contributed by atoms with Crippen LogP contribution in [0.2, 0.25) is 0 Å². The lowest BCUT2D eigenvalue weighted by Crippen LogP contribution is -2.40. The van der Waals surface area contributed by atoms with Crippen LogP contribution in [0.4, 0.5) is 0 Å². The number of likely N-dealkylation sites (tertiary alicyclic amines) is 1. The molecule has 1 aromatic rings. The second kappa shape index (κ2) is 6.50. The summed E-state index contributed by atoms with van der Waals surface area (Å²) in [6.45, 7) is 10.6. The van der Waals surface area contributed by atoms with Crippen LogP contribution in [0.25, 0.3) is 0 Å². The number of rotatable bonds is 3. The minimum atomic E-state index is 0.0141. The van der Waals surface area contributed by atoms with Crippen LogP contribution in [-0.2, 0) is 10.2 Å². The predicted molar refractivity (Wildman–Crippen MR) is 85.6 cm³/mol. The zero-order chi connectivity index (χ0) is 15.5. The second-order valence-corrected chi connectivity index (χ2v) is 7.10. The molecule has 0 N–H and O–H groups in total. The van der Waals surface area contributed by atoms with Gasteiger partial charge in [0, 0.05) is 13.1 Å². The van der Waals surface area contributed by atoms with Gasteiger partial charge in [-0.3, -0.25) is 4.79 Å². The molecule has 0 aliphatic carbocycles. The van der Waals surface area contributed by atoms with Crippen molar-refractivity contribution in [2.45, 2.75) is 46.0 Å². The summed E-state index contributed by atoms with van der Waals surface area (Å²) < 4.78 is 5.81. The summed E-state index contributed by atoms with van der Waals surface area (Å²) in [7, 11) is 0. The lowest BCUT2D eigenvalue weighted by molar-refractivity contribution is -0.134. The maximum absolute atomic E-state index is 12.2. The predicted octanol–water partition coefficient (Wildman–Crippen LogP) is 3.62. The molecular weight excluding hydrogens is 262 g/mol. The number of nitrogens with zero attached hydrogens (tertiary/aromatic N) is 1. The average molecular weight is 289 g/mol. The number of benzene rings is 1. The number of carbonyl (C=O) groups is 1. The third kappa shape index (κ3) is 4.23. The smallest absolute Gasteiger partial charge is 0.260 e. The Labute approximate surface area is 128 Å². The Morgan fingerprint density at radius 1 is 1.24 bits per heavy atom. The summed E-state index contributed by atoms with van der Waals surface area (Å²) >= 11 is 0.